The van der Waals surface area contributed by atoms with Crippen molar-refractivity contribution in [1.29, 1.82) is 0 Å². The molecule has 0 spiro atoms. The molecule has 1 unspecified atom stereocenters. The summed E-state index contributed by atoms with van der Waals surface area (Å²) < 4.78 is 19.2. The lowest BCUT2D eigenvalue weighted by atomic mass is 10.1. The van der Waals surface area contributed by atoms with E-state index in [1.165, 1.54) is 12.1 Å². The van der Waals surface area contributed by atoms with Crippen LogP contribution in [0, 0.1) is 11.7 Å². The number of ether oxygens (including phenoxy) is 1. The molecular formula is C11H13Br2FO. The maximum atomic E-state index is 13.0. The first kappa shape index (κ1) is 13.0. The fraction of sp³-hybridized carbons (Fsp3) is 0.455. The van der Waals surface area contributed by atoms with Gasteiger partial charge in [0, 0.05) is 21.8 Å². The number of benzene rings is 1. The molecule has 1 atom stereocenters. The molecule has 1 nitrogen and oxygen atoms in total. The van der Waals surface area contributed by atoms with Crippen LogP contribution in [-0.2, 0) is 0 Å². The fourth-order valence-electron chi connectivity index (χ4n) is 1.10. The van der Waals surface area contributed by atoms with Crippen molar-refractivity contribution in [2.45, 2.75) is 13.3 Å². The van der Waals surface area contributed by atoms with Crippen molar-refractivity contribution in [1.82, 2.24) is 0 Å². The largest absolute Gasteiger partial charge is 0.493 e. The van der Waals surface area contributed by atoms with Crippen LogP contribution < -0.4 is 4.74 Å². The quantitative estimate of drug-likeness (QED) is 0.723. The van der Waals surface area contributed by atoms with Gasteiger partial charge < -0.3 is 4.74 Å². The lowest BCUT2D eigenvalue weighted by Crippen LogP contribution is -2.12. The Morgan fingerprint density at radius 3 is 2.67 bits per heavy atom. The molecule has 0 aliphatic carbocycles. The SMILES string of the molecule is CCC(CBr)COc1cc(F)cc(Br)c1. The molecule has 1 aromatic rings. The zero-order valence-electron chi connectivity index (χ0n) is 8.47. The van der Waals surface area contributed by atoms with E-state index in [0.29, 0.717) is 22.7 Å². The molecular weight excluding hydrogens is 327 g/mol. The van der Waals surface area contributed by atoms with E-state index in [1.807, 2.05) is 0 Å². The van der Waals surface area contributed by atoms with Crippen LogP contribution in [0.15, 0.2) is 22.7 Å². The van der Waals surface area contributed by atoms with Gasteiger partial charge in [0.05, 0.1) is 6.61 Å². The van der Waals surface area contributed by atoms with Crippen LogP contribution in [-0.4, -0.2) is 11.9 Å². The third kappa shape index (κ3) is 4.51. The molecule has 84 valence electrons. The third-order valence-electron chi connectivity index (χ3n) is 2.12. The maximum absolute atomic E-state index is 13.0. The molecule has 0 amide bonds. The van der Waals surface area contributed by atoms with Crippen molar-refractivity contribution in [3.8, 4) is 5.75 Å². The van der Waals surface area contributed by atoms with Gasteiger partial charge in [0.1, 0.15) is 11.6 Å². The summed E-state index contributed by atoms with van der Waals surface area (Å²) >= 11 is 6.64. The molecule has 0 aliphatic rings. The van der Waals surface area contributed by atoms with Gasteiger partial charge in [-0.05, 0) is 18.6 Å². The Hall–Kier alpha value is -0.0900. The van der Waals surface area contributed by atoms with E-state index in [2.05, 4.69) is 38.8 Å². The number of rotatable bonds is 5. The highest BCUT2D eigenvalue weighted by Crippen LogP contribution is 2.21. The molecule has 0 aromatic heterocycles. The van der Waals surface area contributed by atoms with Gasteiger partial charge >= 0.3 is 0 Å². The summed E-state index contributed by atoms with van der Waals surface area (Å²) in [6.45, 7) is 2.72. The average molecular weight is 340 g/mol. The second-order valence-corrected chi connectivity index (χ2v) is 4.91. The molecule has 4 heteroatoms. The molecule has 0 saturated carbocycles. The average Bonchev–Trinajstić information content (AvgIpc) is 2.18. The topological polar surface area (TPSA) is 9.23 Å². The van der Waals surface area contributed by atoms with Crippen molar-refractivity contribution < 1.29 is 9.13 Å². The van der Waals surface area contributed by atoms with Crippen molar-refractivity contribution in [3.05, 3.63) is 28.5 Å². The summed E-state index contributed by atoms with van der Waals surface area (Å²) in [6.07, 6.45) is 1.04. The summed E-state index contributed by atoms with van der Waals surface area (Å²) in [5.41, 5.74) is 0. The van der Waals surface area contributed by atoms with E-state index in [-0.39, 0.29) is 5.82 Å². The van der Waals surface area contributed by atoms with Crippen LogP contribution in [0.5, 0.6) is 5.75 Å². The molecule has 0 saturated heterocycles. The van der Waals surface area contributed by atoms with Gasteiger partial charge in [-0.25, -0.2) is 4.39 Å². The Balaban J connectivity index is 2.57. The monoisotopic (exact) mass is 338 g/mol. The zero-order chi connectivity index (χ0) is 11.3. The van der Waals surface area contributed by atoms with Crippen molar-refractivity contribution in [2.24, 2.45) is 5.92 Å². The normalized spacial score (nSPS) is 12.5. The first-order valence-corrected chi connectivity index (χ1v) is 6.72. The van der Waals surface area contributed by atoms with E-state index >= 15 is 0 Å². The second-order valence-electron chi connectivity index (χ2n) is 3.34. The molecule has 0 heterocycles. The zero-order valence-corrected chi connectivity index (χ0v) is 11.6. The number of hydrogen-bond donors (Lipinski definition) is 0. The highest BCUT2D eigenvalue weighted by atomic mass is 79.9. The molecule has 1 aromatic carbocycles. The minimum absolute atomic E-state index is 0.286. The molecule has 0 aliphatic heterocycles. The smallest absolute Gasteiger partial charge is 0.128 e. The van der Waals surface area contributed by atoms with Gasteiger partial charge in [-0.1, -0.05) is 38.8 Å². The minimum atomic E-state index is -0.286. The lowest BCUT2D eigenvalue weighted by molar-refractivity contribution is 0.259. The first-order chi connectivity index (χ1) is 7.15. The van der Waals surface area contributed by atoms with Crippen LogP contribution in [0.2, 0.25) is 0 Å². The Morgan fingerprint density at radius 1 is 1.40 bits per heavy atom. The van der Waals surface area contributed by atoms with Gasteiger partial charge in [-0.3, -0.25) is 0 Å². The van der Waals surface area contributed by atoms with Gasteiger partial charge in [0.2, 0.25) is 0 Å². The standard InChI is InChI=1S/C11H13Br2FO/c1-2-8(6-12)7-15-11-4-9(13)3-10(14)5-11/h3-5,8H,2,6-7H2,1H3. The molecule has 0 N–H and O–H groups in total. The third-order valence-corrected chi connectivity index (χ3v) is 3.49. The van der Waals surface area contributed by atoms with E-state index in [9.17, 15) is 4.39 Å². The Bertz CT molecular complexity index is 293. The second kappa shape index (κ2) is 6.48. The summed E-state index contributed by atoms with van der Waals surface area (Å²) in [5, 5.41) is 0.903. The number of alkyl halides is 1. The van der Waals surface area contributed by atoms with E-state index in [4.69, 9.17) is 4.74 Å². The molecule has 0 radical (unpaired) electrons. The van der Waals surface area contributed by atoms with Gasteiger partial charge in [0.25, 0.3) is 0 Å². The predicted molar refractivity (Wildman–Crippen MR) is 67.2 cm³/mol. The van der Waals surface area contributed by atoms with E-state index in [0.717, 1.165) is 11.8 Å². The number of halogens is 3. The van der Waals surface area contributed by atoms with Crippen molar-refractivity contribution >= 4 is 31.9 Å². The molecule has 1 rings (SSSR count). The highest BCUT2D eigenvalue weighted by Gasteiger charge is 2.06. The summed E-state index contributed by atoms with van der Waals surface area (Å²) in [4.78, 5) is 0. The van der Waals surface area contributed by atoms with E-state index in [1.54, 1.807) is 6.07 Å². The van der Waals surface area contributed by atoms with Gasteiger partial charge in [-0.2, -0.15) is 0 Å². The Morgan fingerprint density at radius 2 is 2.13 bits per heavy atom. The Labute approximate surface area is 106 Å². The first-order valence-electron chi connectivity index (χ1n) is 4.80. The van der Waals surface area contributed by atoms with Crippen LogP contribution in [0.4, 0.5) is 4.39 Å². The summed E-state index contributed by atoms with van der Waals surface area (Å²) in [5.74, 6) is 0.750. The lowest BCUT2D eigenvalue weighted by Gasteiger charge is -2.13. The molecule has 0 fully saturated rings. The summed E-state index contributed by atoms with van der Waals surface area (Å²) in [7, 11) is 0. The number of hydrogen-bond acceptors (Lipinski definition) is 1. The fourth-order valence-corrected chi connectivity index (χ4v) is 2.19. The van der Waals surface area contributed by atoms with Crippen molar-refractivity contribution in [3.63, 3.8) is 0 Å². The van der Waals surface area contributed by atoms with Gasteiger partial charge in [-0.15, -0.1) is 0 Å². The van der Waals surface area contributed by atoms with E-state index < -0.39 is 0 Å². The van der Waals surface area contributed by atoms with Crippen LogP contribution in [0.1, 0.15) is 13.3 Å². The highest BCUT2D eigenvalue weighted by molar-refractivity contribution is 9.10. The van der Waals surface area contributed by atoms with Gasteiger partial charge in [0.15, 0.2) is 0 Å². The van der Waals surface area contributed by atoms with Crippen LogP contribution in [0.25, 0.3) is 0 Å². The predicted octanol–water partition coefficient (Wildman–Crippen LogP) is 4.39. The molecule has 0 bridgehead atoms. The minimum Gasteiger partial charge on any atom is -0.493 e. The Kier molecular flexibility index (Phi) is 5.61. The van der Waals surface area contributed by atoms with Crippen molar-refractivity contribution in [2.75, 3.05) is 11.9 Å². The van der Waals surface area contributed by atoms with Crippen LogP contribution in [0.3, 0.4) is 0 Å². The maximum Gasteiger partial charge on any atom is 0.128 e. The summed E-state index contributed by atoms with van der Waals surface area (Å²) in [6, 6.07) is 4.57. The molecule has 15 heavy (non-hydrogen) atoms. The van der Waals surface area contributed by atoms with Crippen LogP contribution >= 0.6 is 31.9 Å².